The van der Waals surface area contributed by atoms with Crippen molar-refractivity contribution in [2.75, 3.05) is 38.5 Å². The van der Waals surface area contributed by atoms with Crippen molar-refractivity contribution >= 4 is 17.6 Å². The van der Waals surface area contributed by atoms with Crippen LogP contribution < -0.4 is 5.32 Å². The summed E-state index contributed by atoms with van der Waals surface area (Å²) in [5.74, 6) is 1.93. The van der Waals surface area contributed by atoms with Gasteiger partial charge in [-0.05, 0) is 37.8 Å². The maximum absolute atomic E-state index is 13.2. The molecule has 8 heteroatoms. The molecule has 0 bridgehead atoms. The number of rotatable bonds is 4. The molecular formula is C23H30N6O2. The van der Waals surface area contributed by atoms with Gasteiger partial charge >= 0.3 is 0 Å². The third kappa shape index (κ3) is 4.84. The number of nitrogens with zero attached hydrogens (tertiary/aromatic N) is 5. The first-order valence-corrected chi connectivity index (χ1v) is 11.1. The fraction of sp³-hybridized carbons (Fsp3) is 0.522. The molecule has 0 aromatic carbocycles. The summed E-state index contributed by atoms with van der Waals surface area (Å²) in [7, 11) is 1.85. The number of aromatic nitrogens is 3. The van der Waals surface area contributed by atoms with Gasteiger partial charge in [0.15, 0.2) is 5.82 Å². The highest BCUT2D eigenvalue weighted by molar-refractivity contribution is 5.80. The number of carbonyl (C=O) groups is 2. The van der Waals surface area contributed by atoms with Crippen LogP contribution in [0.4, 0.5) is 5.82 Å². The summed E-state index contributed by atoms with van der Waals surface area (Å²) in [6.45, 7) is 4.42. The number of pyridine rings is 1. The average molecular weight is 423 g/mol. The van der Waals surface area contributed by atoms with Gasteiger partial charge in [0.05, 0.1) is 5.69 Å². The van der Waals surface area contributed by atoms with E-state index in [0.717, 1.165) is 49.3 Å². The molecule has 0 saturated carbocycles. The Morgan fingerprint density at radius 2 is 1.90 bits per heavy atom. The van der Waals surface area contributed by atoms with Gasteiger partial charge in [-0.15, -0.1) is 0 Å². The molecule has 2 aromatic heterocycles. The lowest BCUT2D eigenvalue weighted by atomic mass is 9.90. The van der Waals surface area contributed by atoms with Crippen LogP contribution in [0, 0.1) is 5.92 Å². The summed E-state index contributed by atoms with van der Waals surface area (Å²) in [6, 6.07) is 5.82. The molecule has 2 aliphatic heterocycles. The van der Waals surface area contributed by atoms with E-state index >= 15 is 0 Å². The minimum absolute atomic E-state index is 0.0126. The van der Waals surface area contributed by atoms with E-state index in [2.05, 4.69) is 15.3 Å². The van der Waals surface area contributed by atoms with E-state index in [4.69, 9.17) is 4.98 Å². The fourth-order valence-electron chi connectivity index (χ4n) is 4.55. The topological polar surface area (TPSA) is 91.3 Å². The van der Waals surface area contributed by atoms with Gasteiger partial charge in [0.2, 0.25) is 11.8 Å². The van der Waals surface area contributed by atoms with Gasteiger partial charge in [0, 0.05) is 76.0 Å². The van der Waals surface area contributed by atoms with Crippen LogP contribution >= 0.6 is 0 Å². The lowest BCUT2D eigenvalue weighted by Gasteiger charge is -2.37. The number of hydrogen-bond donors (Lipinski definition) is 1. The number of likely N-dealkylation sites (tertiary alicyclic amines) is 2. The van der Waals surface area contributed by atoms with Crippen molar-refractivity contribution in [3.05, 3.63) is 36.3 Å². The minimum Gasteiger partial charge on any atom is -0.373 e. The second kappa shape index (κ2) is 9.41. The van der Waals surface area contributed by atoms with Gasteiger partial charge in [0.1, 0.15) is 5.82 Å². The van der Waals surface area contributed by atoms with Crippen molar-refractivity contribution < 1.29 is 9.59 Å². The minimum atomic E-state index is 0.0126. The third-order valence-corrected chi connectivity index (χ3v) is 6.36. The molecule has 0 aliphatic carbocycles. The lowest BCUT2D eigenvalue weighted by molar-refractivity contribution is -0.141. The first-order valence-electron chi connectivity index (χ1n) is 11.1. The van der Waals surface area contributed by atoms with E-state index in [9.17, 15) is 9.59 Å². The van der Waals surface area contributed by atoms with Crippen LogP contribution in [-0.4, -0.2) is 69.8 Å². The molecule has 2 fully saturated rings. The largest absolute Gasteiger partial charge is 0.373 e. The van der Waals surface area contributed by atoms with Gasteiger partial charge in [-0.25, -0.2) is 9.97 Å². The van der Waals surface area contributed by atoms with Crippen LogP contribution in [0.2, 0.25) is 0 Å². The average Bonchev–Trinajstić information content (AvgIpc) is 2.84. The number of amides is 2. The van der Waals surface area contributed by atoms with Crippen molar-refractivity contribution in [2.24, 2.45) is 5.92 Å². The third-order valence-electron chi connectivity index (χ3n) is 6.36. The summed E-state index contributed by atoms with van der Waals surface area (Å²) in [4.78, 5) is 42.2. The Morgan fingerprint density at radius 1 is 1.10 bits per heavy atom. The van der Waals surface area contributed by atoms with Crippen LogP contribution in [0.25, 0.3) is 11.4 Å². The molecule has 1 N–H and O–H groups in total. The number of hydrogen-bond acceptors (Lipinski definition) is 6. The highest BCUT2D eigenvalue weighted by Crippen LogP contribution is 2.30. The zero-order valence-electron chi connectivity index (χ0n) is 18.3. The molecule has 4 heterocycles. The Morgan fingerprint density at radius 3 is 2.58 bits per heavy atom. The molecule has 0 radical (unpaired) electrons. The Labute approximate surface area is 183 Å². The van der Waals surface area contributed by atoms with E-state index in [1.54, 1.807) is 19.3 Å². The SMILES string of the molecule is CNc1cc([C@H]2CCCN(C(=O)C3CCN(C(C)=O)CC3)C2)nc(-c2cccnc2)n1. The van der Waals surface area contributed by atoms with Crippen molar-refractivity contribution in [1.29, 1.82) is 0 Å². The lowest BCUT2D eigenvalue weighted by Crippen LogP contribution is -2.46. The van der Waals surface area contributed by atoms with E-state index in [-0.39, 0.29) is 23.7 Å². The standard InChI is InChI=1S/C23H30N6O2/c1-16(30)28-11-7-17(8-12-28)23(31)29-10-4-6-19(15-29)20-13-21(24-2)27-22(26-20)18-5-3-9-25-14-18/h3,5,9,13-14,17,19H,4,6-8,10-12,15H2,1-2H3,(H,24,26,27)/t19-/m0/s1. The summed E-state index contributed by atoms with van der Waals surface area (Å²) >= 11 is 0. The normalized spacial score (nSPS) is 19.9. The molecule has 1 atom stereocenters. The van der Waals surface area contributed by atoms with E-state index in [1.165, 1.54) is 0 Å². The van der Waals surface area contributed by atoms with E-state index in [0.29, 0.717) is 25.5 Å². The monoisotopic (exact) mass is 422 g/mol. The Bertz CT molecular complexity index is 927. The second-order valence-electron chi connectivity index (χ2n) is 8.40. The predicted molar refractivity (Wildman–Crippen MR) is 118 cm³/mol. The Balaban J connectivity index is 1.48. The Kier molecular flexibility index (Phi) is 6.44. The van der Waals surface area contributed by atoms with Gasteiger partial charge in [0.25, 0.3) is 0 Å². The molecule has 2 amide bonds. The molecule has 2 aliphatic rings. The number of nitrogens with one attached hydrogen (secondary N) is 1. The van der Waals surface area contributed by atoms with Crippen LogP contribution in [-0.2, 0) is 9.59 Å². The summed E-state index contributed by atoms with van der Waals surface area (Å²) in [5.41, 5.74) is 1.84. The fourth-order valence-corrected chi connectivity index (χ4v) is 4.55. The molecular weight excluding hydrogens is 392 g/mol. The predicted octanol–water partition coefficient (Wildman–Crippen LogP) is 2.54. The molecule has 31 heavy (non-hydrogen) atoms. The number of carbonyl (C=O) groups excluding carboxylic acids is 2. The van der Waals surface area contributed by atoms with Crippen LogP contribution in [0.1, 0.15) is 44.2 Å². The van der Waals surface area contributed by atoms with Gasteiger partial charge in [-0.3, -0.25) is 14.6 Å². The van der Waals surface area contributed by atoms with Gasteiger partial charge in [-0.1, -0.05) is 0 Å². The van der Waals surface area contributed by atoms with Crippen LogP contribution in [0.15, 0.2) is 30.6 Å². The van der Waals surface area contributed by atoms with E-state index < -0.39 is 0 Å². The van der Waals surface area contributed by atoms with Crippen LogP contribution in [0.3, 0.4) is 0 Å². The zero-order valence-corrected chi connectivity index (χ0v) is 18.3. The highest BCUT2D eigenvalue weighted by Gasteiger charge is 2.33. The van der Waals surface area contributed by atoms with Crippen molar-refractivity contribution in [1.82, 2.24) is 24.8 Å². The number of piperidine rings is 2. The summed E-state index contributed by atoms with van der Waals surface area (Å²) in [5, 5.41) is 3.13. The first kappa shape index (κ1) is 21.2. The molecule has 8 nitrogen and oxygen atoms in total. The van der Waals surface area contributed by atoms with Gasteiger partial charge in [-0.2, -0.15) is 0 Å². The molecule has 4 rings (SSSR count). The Hall–Kier alpha value is -3.03. The maximum Gasteiger partial charge on any atom is 0.225 e. The molecule has 2 aromatic rings. The van der Waals surface area contributed by atoms with Crippen molar-refractivity contribution in [3.63, 3.8) is 0 Å². The van der Waals surface area contributed by atoms with Crippen LogP contribution in [0.5, 0.6) is 0 Å². The summed E-state index contributed by atoms with van der Waals surface area (Å²) in [6.07, 6.45) is 6.97. The smallest absolute Gasteiger partial charge is 0.225 e. The van der Waals surface area contributed by atoms with E-state index in [1.807, 2.05) is 35.0 Å². The molecule has 2 saturated heterocycles. The quantitative estimate of drug-likeness (QED) is 0.814. The molecule has 164 valence electrons. The highest BCUT2D eigenvalue weighted by atomic mass is 16.2. The van der Waals surface area contributed by atoms with Gasteiger partial charge < -0.3 is 15.1 Å². The molecule has 0 spiro atoms. The maximum atomic E-state index is 13.2. The molecule has 0 unspecified atom stereocenters. The van der Waals surface area contributed by atoms with Crippen molar-refractivity contribution in [3.8, 4) is 11.4 Å². The summed E-state index contributed by atoms with van der Waals surface area (Å²) < 4.78 is 0. The van der Waals surface area contributed by atoms with Crippen molar-refractivity contribution in [2.45, 2.75) is 38.5 Å². The number of anilines is 1. The zero-order chi connectivity index (χ0) is 21.8. The second-order valence-corrected chi connectivity index (χ2v) is 8.40. The first-order chi connectivity index (χ1) is 15.0.